The van der Waals surface area contributed by atoms with E-state index < -0.39 is 0 Å². The molecule has 1 unspecified atom stereocenters. The summed E-state index contributed by atoms with van der Waals surface area (Å²) >= 11 is 6.64. The van der Waals surface area contributed by atoms with Gasteiger partial charge in [0.15, 0.2) is 11.5 Å². The maximum atomic E-state index is 6.64. The normalized spacial score (nSPS) is 19.6. The zero-order chi connectivity index (χ0) is 18.8. The van der Waals surface area contributed by atoms with Crippen molar-refractivity contribution in [3.05, 3.63) is 28.4 Å². The minimum absolute atomic E-state index is 0.379. The van der Waals surface area contributed by atoms with Gasteiger partial charge in [0.25, 0.3) is 0 Å². The van der Waals surface area contributed by atoms with Crippen molar-refractivity contribution in [2.75, 3.05) is 40.5 Å². The molecule has 0 saturated carbocycles. The quantitative estimate of drug-likeness (QED) is 0.671. The molecule has 27 heavy (non-hydrogen) atoms. The molecule has 0 spiro atoms. The summed E-state index contributed by atoms with van der Waals surface area (Å²) in [5, 5.41) is 1.77. The molecule has 1 aliphatic heterocycles. The van der Waals surface area contributed by atoms with Crippen molar-refractivity contribution >= 4 is 22.5 Å². The third-order valence-corrected chi connectivity index (χ3v) is 6.10. The van der Waals surface area contributed by atoms with Gasteiger partial charge in [-0.2, -0.15) is 0 Å². The molecule has 1 fully saturated rings. The van der Waals surface area contributed by atoms with Gasteiger partial charge in [-0.1, -0.05) is 11.6 Å². The first kappa shape index (κ1) is 18.8. The molecular formula is C21H27ClN2O3. The first-order chi connectivity index (χ1) is 13.2. The molecule has 2 aromatic rings. The van der Waals surface area contributed by atoms with Crippen LogP contribution >= 0.6 is 11.6 Å². The Kier molecular flexibility index (Phi) is 5.71. The Morgan fingerprint density at radius 3 is 2.89 bits per heavy atom. The van der Waals surface area contributed by atoms with E-state index >= 15 is 0 Å². The second-order valence-electron chi connectivity index (χ2n) is 7.37. The lowest BCUT2D eigenvalue weighted by Crippen LogP contribution is -2.25. The van der Waals surface area contributed by atoms with E-state index in [2.05, 4.69) is 4.90 Å². The monoisotopic (exact) mass is 390 g/mol. The summed E-state index contributed by atoms with van der Waals surface area (Å²) in [4.78, 5) is 7.25. The van der Waals surface area contributed by atoms with E-state index in [0.29, 0.717) is 18.5 Å². The average molecular weight is 391 g/mol. The van der Waals surface area contributed by atoms with Crippen LogP contribution in [0.1, 0.15) is 30.5 Å². The lowest BCUT2D eigenvalue weighted by Gasteiger charge is -2.17. The van der Waals surface area contributed by atoms with Crippen LogP contribution < -0.4 is 9.47 Å². The fourth-order valence-electron chi connectivity index (χ4n) is 4.15. The number of methoxy groups -OCH3 is 2. The zero-order valence-electron chi connectivity index (χ0n) is 16.1. The molecule has 5 nitrogen and oxygen atoms in total. The van der Waals surface area contributed by atoms with Crippen molar-refractivity contribution in [1.82, 2.24) is 9.88 Å². The fraction of sp³-hybridized carbons (Fsp3) is 0.571. The molecule has 1 aliphatic carbocycles. The number of fused-ring (bicyclic) bond motifs is 2. The van der Waals surface area contributed by atoms with Crippen molar-refractivity contribution in [2.45, 2.75) is 38.2 Å². The van der Waals surface area contributed by atoms with Crippen LogP contribution in [0.4, 0.5) is 0 Å². The molecule has 4 rings (SSSR count). The van der Waals surface area contributed by atoms with Gasteiger partial charge < -0.3 is 19.1 Å². The molecule has 6 heteroatoms. The summed E-state index contributed by atoms with van der Waals surface area (Å²) in [7, 11) is 3.46. The molecule has 2 heterocycles. The highest BCUT2D eigenvalue weighted by atomic mass is 35.5. The Labute approximate surface area is 165 Å². The highest BCUT2D eigenvalue weighted by molar-refractivity contribution is 6.36. The number of halogens is 1. The van der Waals surface area contributed by atoms with Crippen molar-refractivity contribution in [1.29, 1.82) is 0 Å². The Bertz CT molecular complexity index is 827. The highest BCUT2D eigenvalue weighted by Crippen LogP contribution is 2.39. The minimum atomic E-state index is 0.379. The highest BCUT2D eigenvalue weighted by Gasteiger charge is 2.22. The first-order valence-electron chi connectivity index (χ1n) is 9.76. The number of aryl methyl sites for hydroxylation is 1. The lowest BCUT2D eigenvalue weighted by molar-refractivity contribution is 0.107. The largest absolute Gasteiger partial charge is 0.493 e. The Hall–Kier alpha value is -1.56. The Morgan fingerprint density at radius 1 is 1.22 bits per heavy atom. The van der Waals surface area contributed by atoms with E-state index in [1.807, 2.05) is 12.1 Å². The van der Waals surface area contributed by atoms with Gasteiger partial charge in [0, 0.05) is 43.9 Å². The number of hydrogen-bond donors (Lipinski definition) is 0. The molecule has 1 aromatic heterocycles. The number of hydrogen-bond acceptors (Lipinski definition) is 5. The molecule has 0 amide bonds. The number of aromatic nitrogens is 1. The summed E-state index contributed by atoms with van der Waals surface area (Å²) in [6.45, 7) is 3.79. The summed E-state index contributed by atoms with van der Waals surface area (Å²) in [5.74, 6) is 1.45. The number of nitrogens with zero attached hydrogens (tertiary/aromatic N) is 2. The minimum Gasteiger partial charge on any atom is -0.493 e. The SMILES string of the molecule is COc1cc2c(Cl)c3c(nc2cc1OCCCN1CCC(OC)C1)CCC3. The third kappa shape index (κ3) is 3.86. The number of pyridine rings is 1. The molecule has 146 valence electrons. The second-order valence-corrected chi connectivity index (χ2v) is 7.75. The van der Waals surface area contributed by atoms with E-state index in [4.69, 9.17) is 30.8 Å². The van der Waals surface area contributed by atoms with Crippen molar-refractivity contribution in [3.8, 4) is 11.5 Å². The van der Waals surface area contributed by atoms with Crippen LogP contribution in [0, 0.1) is 0 Å². The topological polar surface area (TPSA) is 43.8 Å². The van der Waals surface area contributed by atoms with Gasteiger partial charge in [-0.05, 0) is 43.7 Å². The first-order valence-corrected chi connectivity index (χ1v) is 10.1. The van der Waals surface area contributed by atoms with Crippen molar-refractivity contribution in [2.24, 2.45) is 0 Å². The average Bonchev–Trinajstić information content (AvgIpc) is 3.34. The smallest absolute Gasteiger partial charge is 0.163 e. The van der Waals surface area contributed by atoms with Crippen molar-refractivity contribution in [3.63, 3.8) is 0 Å². The molecule has 1 atom stereocenters. The number of benzene rings is 1. The van der Waals surface area contributed by atoms with Crippen LogP contribution in [0.3, 0.4) is 0 Å². The molecule has 1 aromatic carbocycles. The third-order valence-electron chi connectivity index (χ3n) is 5.67. The maximum absolute atomic E-state index is 6.64. The standard InChI is InChI=1S/C21H27ClN2O3/c1-25-14-7-9-24(13-14)8-4-10-27-20-12-18-16(11-19(20)26-2)21(22)15-5-3-6-17(15)23-18/h11-12,14H,3-10,13H2,1-2H3. The Morgan fingerprint density at radius 2 is 2.11 bits per heavy atom. The van der Waals surface area contributed by atoms with Gasteiger partial charge in [-0.15, -0.1) is 0 Å². The van der Waals surface area contributed by atoms with Gasteiger partial charge in [-0.3, -0.25) is 4.98 Å². The van der Waals surface area contributed by atoms with Gasteiger partial charge in [0.1, 0.15) is 0 Å². The summed E-state index contributed by atoms with van der Waals surface area (Å²) in [5.41, 5.74) is 3.21. The van der Waals surface area contributed by atoms with Crippen LogP contribution in [-0.2, 0) is 17.6 Å². The van der Waals surface area contributed by atoms with Crippen LogP contribution in [0.25, 0.3) is 10.9 Å². The van der Waals surface area contributed by atoms with Gasteiger partial charge in [-0.25, -0.2) is 0 Å². The van der Waals surface area contributed by atoms with E-state index in [-0.39, 0.29) is 0 Å². The van der Waals surface area contributed by atoms with Crippen LogP contribution in [0.2, 0.25) is 5.02 Å². The number of likely N-dealkylation sites (tertiary alicyclic amines) is 1. The number of rotatable bonds is 7. The van der Waals surface area contributed by atoms with Gasteiger partial charge in [0.2, 0.25) is 0 Å². The van der Waals surface area contributed by atoms with Crippen molar-refractivity contribution < 1.29 is 14.2 Å². The summed E-state index contributed by atoms with van der Waals surface area (Å²) in [6, 6.07) is 3.93. The predicted molar refractivity (Wildman–Crippen MR) is 107 cm³/mol. The second kappa shape index (κ2) is 8.21. The predicted octanol–water partition coefficient (Wildman–Crippen LogP) is 3.88. The summed E-state index contributed by atoms with van der Waals surface area (Å²) < 4.78 is 17.0. The van der Waals surface area contributed by atoms with E-state index in [1.54, 1.807) is 14.2 Å². The van der Waals surface area contributed by atoms with Gasteiger partial charge >= 0.3 is 0 Å². The maximum Gasteiger partial charge on any atom is 0.163 e. The van der Waals surface area contributed by atoms with Crippen LogP contribution in [-0.4, -0.2) is 56.4 Å². The van der Waals surface area contributed by atoms with E-state index in [1.165, 1.54) is 5.56 Å². The van der Waals surface area contributed by atoms with Crippen LogP contribution in [0.5, 0.6) is 11.5 Å². The molecule has 0 radical (unpaired) electrons. The summed E-state index contributed by atoms with van der Waals surface area (Å²) in [6.07, 6.45) is 5.61. The van der Waals surface area contributed by atoms with Crippen LogP contribution in [0.15, 0.2) is 12.1 Å². The van der Waals surface area contributed by atoms with Gasteiger partial charge in [0.05, 0.1) is 30.4 Å². The Balaban J connectivity index is 1.44. The fourth-order valence-corrected chi connectivity index (χ4v) is 4.50. The van der Waals surface area contributed by atoms with E-state index in [0.717, 1.165) is 79.1 Å². The van der Waals surface area contributed by atoms with E-state index in [9.17, 15) is 0 Å². The zero-order valence-corrected chi connectivity index (χ0v) is 16.8. The number of ether oxygens (including phenoxy) is 3. The molecule has 1 saturated heterocycles. The molecule has 2 aliphatic rings. The molecular weight excluding hydrogens is 364 g/mol. The molecule has 0 N–H and O–H groups in total. The molecule has 0 bridgehead atoms. The lowest BCUT2D eigenvalue weighted by atomic mass is 10.1.